The number of carbonyl (C=O) groups is 1. The van der Waals surface area contributed by atoms with Crippen molar-refractivity contribution in [1.29, 1.82) is 0 Å². The van der Waals surface area contributed by atoms with Gasteiger partial charge in [0, 0.05) is 18.8 Å². The van der Waals surface area contributed by atoms with Crippen molar-refractivity contribution in [3.8, 4) is 0 Å². The molecule has 0 aromatic carbocycles. The lowest BCUT2D eigenvalue weighted by Crippen LogP contribution is -2.44. The van der Waals surface area contributed by atoms with E-state index in [2.05, 4.69) is 15.0 Å². The van der Waals surface area contributed by atoms with Crippen LogP contribution in [-0.4, -0.2) is 64.0 Å². The van der Waals surface area contributed by atoms with Crippen molar-refractivity contribution in [2.24, 2.45) is 5.92 Å². The van der Waals surface area contributed by atoms with Crippen LogP contribution in [0.25, 0.3) is 11.2 Å². The van der Waals surface area contributed by atoms with E-state index in [1.165, 1.54) is 18.0 Å². The second kappa shape index (κ2) is 7.74. The van der Waals surface area contributed by atoms with Crippen molar-refractivity contribution < 1.29 is 13.2 Å². The van der Waals surface area contributed by atoms with Crippen LogP contribution in [0, 0.1) is 5.92 Å². The molecule has 2 aromatic heterocycles. The number of sulfone groups is 1. The van der Waals surface area contributed by atoms with Gasteiger partial charge in [0.25, 0.3) is 0 Å². The maximum Gasteiger partial charge on any atom is 0.233 e. The third kappa shape index (κ3) is 4.69. The molecule has 7 nitrogen and oxygen atoms in total. The number of carbonyl (C=O) groups excluding carboxylic acids is 1. The smallest absolute Gasteiger partial charge is 0.233 e. The summed E-state index contributed by atoms with van der Waals surface area (Å²) in [5, 5.41) is 1.10. The third-order valence-electron chi connectivity index (χ3n) is 4.15. The number of H-pyrrole nitrogens is 1. The Morgan fingerprint density at radius 1 is 1.50 bits per heavy atom. The van der Waals surface area contributed by atoms with Gasteiger partial charge in [0.2, 0.25) is 5.91 Å². The molecule has 142 valence electrons. The highest BCUT2D eigenvalue weighted by molar-refractivity contribution is 7.99. The predicted octanol–water partition coefficient (Wildman–Crippen LogP) is 2.38. The van der Waals surface area contributed by atoms with E-state index in [9.17, 15) is 13.2 Å². The van der Waals surface area contributed by atoms with E-state index in [1.807, 2.05) is 13.8 Å². The molecule has 3 rings (SSSR count). The molecule has 1 aliphatic heterocycles. The van der Waals surface area contributed by atoms with E-state index in [1.54, 1.807) is 11.0 Å². The quantitative estimate of drug-likeness (QED) is 0.726. The Balaban J connectivity index is 1.68. The summed E-state index contributed by atoms with van der Waals surface area (Å²) in [5.74, 6) is 0.602. The molecule has 1 N–H and O–H groups in total. The number of fused-ring (bicyclic) bond motifs is 1. The highest BCUT2D eigenvalue weighted by Gasteiger charge is 2.34. The predicted molar refractivity (Wildman–Crippen MR) is 103 cm³/mol. The molecule has 1 atom stereocenters. The Labute approximate surface area is 161 Å². The number of hydrogen-bond acceptors (Lipinski definition) is 6. The first-order valence-electron chi connectivity index (χ1n) is 8.37. The number of hydrogen-bond donors (Lipinski definition) is 1. The molecule has 3 heterocycles. The molecule has 0 saturated carbocycles. The van der Waals surface area contributed by atoms with Gasteiger partial charge in [0.15, 0.2) is 20.6 Å². The molecule has 26 heavy (non-hydrogen) atoms. The Hall–Kier alpha value is -1.32. The molecule has 2 aromatic rings. The zero-order chi connectivity index (χ0) is 18.9. The van der Waals surface area contributed by atoms with Gasteiger partial charge in [0.05, 0.1) is 27.8 Å². The van der Waals surface area contributed by atoms with Gasteiger partial charge in [0.1, 0.15) is 0 Å². The van der Waals surface area contributed by atoms with Gasteiger partial charge < -0.3 is 9.88 Å². The largest absolute Gasteiger partial charge is 0.338 e. The number of thioether (sulfide) groups is 1. The van der Waals surface area contributed by atoms with Crippen molar-refractivity contribution in [3.63, 3.8) is 0 Å². The minimum atomic E-state index is -3.04. The monoisotopic (exact) mass is 416 g/mol. The van der Waals surface area contributed by atoms with E-state index in [-0.39, 0.29) is 35.1 Å². The molecular formula is C16H21ClN4O3S2. The van der Waals surface area contributed by atoms with E-state index in [4.69, 9.17) is 11.6 Å². The molecule has 0 bridgehead atoms. The second-order valence-electron chi connectivity index (χ2n) is 6.85. The number of aromatic nitrogens is 3. The van der Waals surface area contributed by atoms with Crippen LogP contribution in [0.5, 0.6) is 0 Å². The summed E-state index contributed by atoms with van der Waals surface area (Å²) in [5.41, 5.74) is 1.26. The molecule has 0 aliphatic carbocycles. The standard InChI is InChI=1S/C16H21ClN4O3S2/c1-10(2)7-21(12-3-4-26(23,24)9-12)14(22)8-25-16-19-13-5-11(17)6-18-15(13)20-16/h5-6,10,12H,3-4,7-9H2,1-2H3,(H,18,19,20)/t12-/m1/s1. The van der Waals surface area contributed by atoms with Crippen LogP contribution in [0.2, 0.25) is 5.02 Å². The highest BCUT2D eigenvalue weighted by atomic mass is 35.5. The summed E-state index contributed by atoms with van der Waals surface area (Å²) in [6, 6.07) is 1.50. The second-order valence-corrected chi connectivity index (χ2v) is 10.5. The van der Waals surface area contributed by atoms with Crippen LogP contribution in [0.4, 0.5) is 0 Å². The maximum atomic E-state index is 12.8. The number of amides is 1. The Morgan fingerprint density at radius 2 is 2.27 bits per heavy atom. The number of pyridine rings is 1. The van der Waals surface area contributed by atoms with Crippen molar-refractivity contribution in [3.05, 3.63) is 17.3 Å². The fraction of sp³-hybridized carbons (Fsp3) is 0.562. The summed E-state index contributed by atoms with van der Waals surface area (Å²) < 4.78 is 23.6. The summed E-state index contributed by atoms with van der Waals surface area (Å²) in [6.45, 7) is 4.59. The van der Waals surface area contributed by atoms with Gasteiger partial charge in [-0.3, -0.25) is 4.79 Å². The molecule has 10 heteroatoms. The van der Waals surface area contributed by atoms with E-state index < -0.39 is 9.84 Å². The molecular weight excluding hydrogens is 396 g/mol. The van der Waals surface area contributed by atoms with E-state index in [0.29, 0.717) is 34.3 Å². The summed E-state index contributed by atoms with van der Waals surface area (Å²) in [7, 11) is -3.04. The first kappa shape index (κ1) is 19.4. The fourth-order valence-electron chi connectivity index (χ4n) is 3.00. The zero-order valence-electron chi connectivity index (χ0n) is 14.6. The van der Waals surface area contributed by atoms with Crippen LogP contribution in [0.1, 0.15) is 20.3 Å². The molecule has 0 unspecified atom stereocenters. The average molecular weight is 417 g/mol. The van der Waals surface area contributed by atoms with Crippen molar-refractivity contribution in [2.45, 2.75) is 31.5 Å². The van der Waals surface area contributed by atoms with Crippen LogP contribution in [0.3, 0.4) is 0 Å². The Morgan fingerprint density at radius 3 is 2.92 bits per heavy atom. The Kier molecular flexibility index (Phi) is 5.78. The van der Waals surface area contributed by atoms with Crippen LogP contribution >= 0.6 is 23.4 Å². The minimum Gasteiger partial charge on any atom is -0.338 e. The number of nitrogens with zero attached hydrogens (tertiary/aromatic N) is 3. The van der Waals surface area contributed by atoms with Gasteiger partial charge in [-0.05, 0) is 18.4 Å². The van der Waals surface area contributed by atoms with Crippen molar-refractivity contribution >= 4 is 50.3 Å². The normalized spacial score (nSPS) is 19.3. The summed E-state index contributed by atoms with van der Waals surface area (Å²) in [4.78, 5) is 26.0. The molecule has 1 saturated heterocycles. The Bertz CT molecular complexity index is 913. The molecule has 1 amide bonds. The molecule has 0 radical (unpaired) electrons. The minimum absolute atomic E-state index is 0.0587. The number of nitrogens with one attached hydrogen (secondary N) is 1. The molecule has 1 aliphatic rings. The van der Waals surface area contributed by atoms with Crippen LogP contribution in [0.15, 0.2) is 17.4 Å². The average Bonchev–Trinajstić information content (AvgIpc) is 3.12. The number of halogens is 1. The first-order valence-corrected chi connectivity index (χ1v) is 11.6. The number of rotatable bonds is 6. The highest BCUT2D eigenvalue weighted by Crippen LogP contribution is 2.23. The lowest BCUT2D eigenvalue weighted by atomic mass is 10.1. The SMILES string of the molecule is CC(C)CN(C(=O)CSc1nc2ncc(Cl)cc2[nH]1)[C@@H]1CCS(=O)(=O)C1. The fourth-order valence-corrected chi connectivity index (χ4v) is 5.65. The first-order chi connectivity index (χ1) is 12.2. The van der Waals surface area contributed by atoms with Gasteiger partial charge in [-0.1, -0.05) is 37.2 Å². The molecule has 0 spiro atoms. The third-order valence-corrected chi connectivity index (χ3v) is 6.96. The zero-order valence-corrected chi connectivity index (χ0v) is 17.0. The number of imidazole rings is 1. The van der Waals surface area contributed by atoms with Crippen molar-refractivity contribution in [1.82, 2.24) is 19.9 Å². The van der Waals surface area contributed by atoms with Gasteiger partial charge in [-0.25, -0.2) is 18.4 Å². The topological polar surface area (TPSA) is 96.0 Å². The van der Waals surface area contributed by atoms with Crippen LogP contribution in [-0.2, 0) is 14.6 Å². The summed E-state index contributed by atoms with van der Waals surface area (Å²) >= 11 is 7.20. The van der Waals surface area contributed by atoms with E-state index >= 15 is 0 Å². The lowest BCUT2D eigenvalue weighted by molar-refractivity contribution is -0.130. The number of aromatic amines is 1. The molecule has 1 fully saturated rings. The van der Waals surface area contributed by atoms with E-state index in [0.717, 1.165) is 0 Å². The van der Waals surface area contributed by atoms with Crippen LogP contribution < -0.4 is 0 Å². The summed E-state index contributed by atoms with van der Waals surface area (Å²) in [6.07, 6.45) is 2.04. The van der Waals surface area contributed by atoms with Crippen molar-refractivity contribution in [2.75, 3.05) is 23.8 Å². The maximum absolute atomic E-state index is 12.8. The lowest BCUT2D eigenvalue weighted by Gasteiger charge is -2.29. The van der Waals surface area contributed by atoms with Gasteiger partial charge in [-0.2, -0.15) is 0 Å². The van der Waals surface area contributed by atoms with Gasteiger partial charge >= 0.3 is 0 Å². The van der Waals surface area contributed by atoms with Gasteiger partial charge in [-0.15, -0.1) is 0 Å².